The number of aryl methyl sites for hydroxylation is 1. The van der Waals surface area contributed by atoms with Crippen LogP contribution in [0.15, 0.2) is 16.9 Å². The number of hydrogen-bond acceptors (Lipinski definition) is 6. The fourth-order valence-corrected chi connectivity index (χ4v) is 2.99. The molecule has 0 amide bonds. The summed E-state index contributed by atoms with van der Waals surface area (Å²) in [6.07, 6.45) is 6.01. The third kappa shape index (κ3) is 4.02. The van der Waals surface area contributed by atoms with E-state index in [0.29, 0.717) is 17.6 Å². The molecule has 24 heavy (non-hydrogen) atoms. The van der Waals surface area contributed by atoms with Crippen LogP contribution in [0.2, 0.25) is 0 Å². The second-order valence-corrected chi connectivity index (χ2v) is 7.45. The lowest BCUT2D eigenvalue weighted by Crippen LogP contribution is -2.32. The molecule has 1 fully saturated rings. The molecule has 1 aliphatic heterocycles. The Balaban J connectivity index is 1.71. The van der Waals surface area contributed by atoms with Crippen LogP contribution in [0, 0.1) is 12.8 Å². The van der Waals surface area contributed by atoms with Gasteiger partial charge in [-0.05, 0) is 46.5 Å². The third-order valence-electron chi connectivity index (χ3n) is 4.40. The fourth-order valence-electron chi connectivity index (χ4n) is 2.99. The Labute approximate surface area is 142 Å². The molecule has 7 heteroatoms. The predicted molar refractivity (Wildman–Crippen MR) is 89.4 cm³/mol. The maximum Gasteiger partial charge on any atom is 0.244 e. The van der Waals surface area contributed by atoms with Gasteiger partial charge < -0.3 is 14.6 Å². The molecular formula is C17H27N5O2. The summed E-state index contributed by atoms with van der Waals surface area (Å²) in [6, 6.07) is 0.0492. The molecule has 0 bridgehead atoms. The van der Waals surface area contributed by atoms with Crippen molar-refractivity contribution in [3.8, 4) is 0 Å². The lowest BCUT2D eigenvalue weighted by molar-refractivity contribution is 0.0485. The molecule has 1 atom stereocenters. The average Bonchev–Trinajstić information content (AvgIpc) is 3.18. The van der Waals surface area contributed by atoms with Gasteiger partial charge in [0.1, 0.15) is 0 Å². The monoisotopic (exact) mass is 333 g/mol. The summed E-state index contributed by atoms with van der Waals surface area (Å²) < 4.78 is 12.9. The van der Waals surface area contributed by atoms with Crippen LogP contribution in [0.1, 0.15) is 56.9 Å². The van der Waals surface area contributed by atoms with Crippen molar-refractivity contribution in [3.63, 3.8) is 0 Å². The van der Waals surface area contributed by atoms with Gasteiger partial charge in [0.15, 0.2) is 5.82 Å². The van der Waals surface area contributed by atoms with Crippen molar-refractivity contribution in [3.05, 3.63) is 29.7 Å². The first-order chi connectivity index (χ1) is 11.4. The number of ether oxygens (including phenoxy) is 1. The fraction of sp³-hybridized carbons (Fsp3) is 0.706. The Morgan fingerprint density at radius 3 is 2.67 bits per heavy atom. The Kier molecular flexibility index (Phi) is 5.01. The van der Waals surface area contributed by atoms with Gasteiger partial charge in [0.05, 0.1) is 17.8 Å². The minimum atomic E-state index is -0.0119. The molecule has 1 N–H and O–H groups in total. The van der Waals surface area contributed by atoms with Gasteiger partial charge in [0, 0.05) is 31.5 Å². The van der Waals surface area contributed by atoms with Crippen molar-refractivity contribution >= 4 is 0 Å². The second kappa shape index (κ2) is 7.03. The molecule has 0 aromatic carbocycles. The van der Waals surface area contributed by atoms with E-state index in [4.69, 9.17) is 9.26 Å². The van der Waals surface area contributed by atoms with Gasteiger partial charge in [-0.1, -0.05) is 5.16 Å². The molecular weight excluding hydrogens is 306 g/mol. The van der Waals surface area contributed by atoms with E-state index in [1.165, 1.54) is 0 Å². The molecule has 3 heterocycles. The molecule has 2 aromatic rings. The predicted octanol–water partition coefficient (Wildman–Crippen LogP) is 2.59. The van der Waals surface area contributed by atoms with E-state index in [9.17, 15) is 0 Å². The molecule has 2 aromatic heterocycles. The minimum absolute atomic E-state index is 0.0119. The van der Waals surface area contributed by atoms with Crippen LogP contribution >= 0.6 is 0 Å². The Morgan fingerprint density at radius 1 is 1.33 bits per heavy atom. The molecule has 0 unspecified atom stereocenters. The topological polar surface area (TPSA) is 78.0 Å². The van der Waals surface area contributed by atoms with Gasteiger partial charge in [0.2, 0.25) is 5.89 Å². The second-order valence-electron chi connectivity index (χ2n) is 7.45. The highest BCUT2D eigenvalue weighted by molar-refractivity contribution is 5.06. The van der Waals surface area contributed by atoms with Gasteiger partial charge in [0.25, 0.3) is 0 Å². The van der Waals surface area contributed by atoms with Crippen molar-refractivity contribution in [2.24, 2.45) is 5.92 Å². The van der Waals surface area contributed by atoms with Crippen molar-refractivity contribution in [1.82, 2.24) is 25.2 Å². The number of nitrogens with zero attached hydrogens (tertiary/aromatic N) is 4. The normalized spacial score (nSPS) is 18.0. The van der Waals surface area contributed by atoms with Crippen molar-refractivity contribution < 1.29 is 9.26 Å². The van der Waals surface area contributed by atoms with E-state index in [0.717, 1.165) is 38.2 Å². The first-order valence-corrected chi connectivity index (χ1v) is 8.59. The van der Waals surface area contributed by atoms with Crippen molar-refractivity contribution in [2.75, 3.05) is 13.2 Å². The van der Waals surface area contributed by atoms with Crippen LogP contribution in [-0.4, -0.2) is 33.1 Å². The van der Waals surface area contributed by atoms with Crippen LogP contribution in [0.4, 0.5) is 0 Å². The summed E-state index contributed by atoms with van der Waals surface area (Å²) >= 11 is 0. The summed E-state index contributed by atoms with van der Waals surface area (Å²) in [6.45, 7) is 10.6. The summed E-state index contributed by atoms with van der Waals surface area (Å²) in [4.78, 5) is 4.44. The SMILES string of the molecule is Cc1noc([C@@H](NCc2cnn(C(C)(C)C)c2)C2CCOCC2)n1. The van der Waals surface area contributed by atoms with Gasteiger partial charge in [-0.2, -0.15) is 10.1 Å². The lowest BCUT2D eigenvalue weighted by atomic mass is 9.91. The van der Waals surface area contributed by atoms with E-state index in [2.05, 4.69) is 47.5 Å². The molecule has 132 valence electrons. The summed E-state index contributed by atoms with van der Waals surface area (Å²) in [5.74, 6) is 1.78. The zero-order valence-electron chi connectivity index (χ0n) is 15.0. The van der Waals surface area contributed by atoms with Gasteiger partial charge in [-0.3, -0.25) is 4.68 Å². The summed E-state index contributed by atoms with van der Waals surface area (Å²) in [5.41, 5.74) is 1.14. The maximum atomic E-state index is 5.49. The Morgan fingerprint density at radius 2 is 2.08 bits per heavy atom. The molecule has 1 saturated heterocycles. The number of nitrogens with one attached hydrogen (secondary N) is 1. The minimum Gasteiger partial charge on any atom is -0.381 e. The summed E-state index contributed by atoms with van der Waals surface area (Å²) in [5, 5.41) is 12.0. The van der Waals surface area contributed by atoms with Crippen LogP contribution in [0.25, 0.3) is 0 Å². The summed E-state index contributed by atoms with van der Waals surface area (Å²) in [7, 11) is 0. The highest BCUT2D eigenvalue weighted by Gasteiger charge is 2.29. The quantitative estimate of drug-likeness (QED) is 0.906. The molecule has 0 aliphatic carbocycles. The van der Waals surface area contributed by atoms with Crippen LogP contribution in [0.3, 0.4) is 0 Å². The van der Waals surface area contributed by atoms with Gasteiger partial charge in [-0.25, -0.2) is 0 Å². The van der Waals surface area contributed by atoms with Crippen molar-refractivity contribution in [1.29, 1.82) is 0 Å². The molecule has 0 spiro atoms. The zero-order valence-corrected chi connectivity index (χ0v) is 15.0. The van der Waals surface area contributed by atoms with E-state index in [-0.39, 0.29) is 11.6 Å². The molecule has 3 rings (SSSR count). The average molecular weight is 333 g/mol. The highest BCUT2D eigenvalue weighted by Crippen LogP contribution is 2.29. The van der Waals surface area contributed by atoms with Crippen molar-refractivity contribution in [2.45, 2.75) is 58.7 Å². The number of aromatic nitrogens is 4. The highest BCUT2D eigenvalue weighted by atomic mass is 16.5. The first kappa shape index (κ1) is 17.1. The van der Waals surface area contributed by atoms with Crippen LogP contribution in [0.5, 0.6) is 0 Å². The van der Waals surface area contributed by atoms with E-state index >= 15 is 0 Å². The van der Waals surface area contributed by atoms with Gasteiger partial charge >= 0.3 is 0 Å². The number of rotatable bonds is 5. The van der Waals surface area contributed by atoms with Crippen LogP contribution in [-0.2, 0) is 16.8 Å². The molecule has 0 radical (unpaired) electrons. The van der Waals surface area contributed by atoms with Crippen LogP contribution < -0.4 is 5.32 Å². The van der Waals surface area contributed by atoms with E-state index in [1.807, 2.05) is 17.8 Å². The molecule has 7 nitrogen and oxygen atoms in total. The third-order valence-corrected chi connectivity index (χ3v) is 4.40. The Bertz CT molecular complexity index is 652. The molecule has 1 aliphatic rings. The zero-order chi connectivity index (χ0) is 17.2. The van der Waals surface area contributed by atoms with E-state index < -0.39 is 0 Å². The number of hydrogen-bond donors (Lipinski definition) is 1. The maximum absolute atomic E-state index is 5.49. The standard InChI is InChI=1S/C17H27N5O2/c1-12-20-16(24-21-12)15(14-5-7-23-8-6-14)18-9-13-10-19-22(11-13)17(2,3)4/h10-11,14-15,18H,5-9H2,1-4H3/t15-/m0/s1. The largest absolute Gasteiger partial charge is 0.381 e. The van der Waals surface area contributed by atoms with Gasteiger partial charge in [-0.15, -0.1) is 0 Å². The first-order valence-electron chi connectivity index (χ1n) is 8.59. The van der Waals surface area contributed by atoms with E-state index in [1.54, 1.807) is 0 Å². The Hall–Kier alpha value is -1.73. The smallest absolute Gasteiger partial charge is 0.244 e. The lowest BCUT2D eigenvalue weighted by Gasteiger charge is -2.28. The molecule has 0 saturated carbocycles.